The lowest BCUT2D eigenvalue weighted by molar-refractivity contribution is -0.138. The highest BCUT2D eigenvalue weighted by Crippen LogP contribution is 2.47. The lowest BCUT2D eigenvalue weighted by atomic mass is 10.0. The summed E-state index contributed by atoms with van der Waals surface area (Å²) in [4.78, 5) is 20.8. The van der Waals surface area contributed by atoms with E-state index in [-0.39, 0.29) is 28.6 Å². The predicted molar refractivity (Wildman–Crippen MR) is 111 cm³/mol. The number of anilines is 3. The zero-order chi connectivity index (χ0) is 22.9. The molecule has 0 aliphatic heterocycles. The van der Waals surface area contributed by atoms with E-state index >= 15 is 0 Å². The SMILES string of the molecule is CC(Nc1nc(Nc2ccnc(C3(C#N)CC3)c2)nc(-c2cccc(Cl)n2)n1)C(F)(F)F. The van der Waals surface area contributed by atoms with Crippen LogP contribution in [-0.2, 0) is 5.41 Å². The van der Waals surface area contributed by atoms with E-state index in [0.717, 1.165) is 19.8 Å². The van der Waals surface area contributed by atoms with Gasteiger partial charge in [0.25, 0.3) is 0 Å². The summed E-state index contributed by atoms with van der Waals surface area (Å²) < 4.78 is 39.1. The molecule has 0 amide bonds. The van der Waals surface area contributed by atoms with Crippen LogP contribution < -0.4 is 10.6 Å². The van der Waals surface area contributed by atoms with Gasteiger partial charge in [-0.2, -0.15) is 33.4 Å². The van der Waals surface area contributed by atoms with Crippen LogP contribution in [-0.4, -0.2) is 37.1 Å². The molecule has 0 saturated heterocycles. The summed E-state index contributed by atoms with van der Waals surface area (Å²) in [6, 6.07) is 8.48. The number of hydrogen-bond acceptors (Lipinski definition) is 8. The molecule has 1 atom stereocenters. The molecule has 1 fully saturated rings. The van der Waals surface area contributed by atoms with Gasteiger partial charge in [-0.25, -0.2) is 4.98 Å². The predicted octanol–water partition coefficient (Wildman–Crippen LogP) is 4.64. The summed E-state index contributed by atoms with van der Waals surface area (Å²) in [6.45, 7) is 0.959. The Bertz CT molecular complexity index is 1190. The van der Waals surface area contributed by atoms with Crippen molar-refractivity contribution in [2.75, 3.05) is 10.6 Å². The molecule has 1 saturated carbocycles. The molecule has 0 bridgehead atoms. The van der Waals surface area contributed by atoms with Gasteiger partial charge < -0.3 is 10.6 Å². The summed E-state index contributed by atoms with van der Waals surface area (Å²) in [7, 11) is 0. The molecule has 32 heavy (non-hydrogen) atoms. The highest BCUT2D eigenvalue weighted by Gasteiger charge is 2.46. The van der Waals surface area contributed by atoms with Crippen molar-refractivity contribution in [3.8, 4) is 17.6 Å². The number of hydrogen-bond donors (Lipinski definition) is 2. The van der Waals surface area contributed by atoms with Crippen LogP contribution in [0.4, 0.5) is 30.8 Å². The highest BCUT2D eigenvalue weighted by molar-refractivity contribution is 6.29. The molecule has 12 heteroatoms. The molecule has 0 aromatic carbocycles. The van der Waals surface area contributed by atoms with E-state index in [1.165, 1.54) is 0 Å². The second kappa shape index (κ2) is 8.20. The third kappa shape index (κ3) is 4.70. The van der Waals surface area contributed by atoms with Gasteiger partial charge in [0.15, 0.2) is 5.82 Å². The van der Waals surface area contributed by atoms with Crippen LogP contribution in [0.3, 0.4) is 0 Å². The van der Waals surface area contributed by atoms with Crippen molar-refractivity contribution in [3.63, 3.8) is 0 Å². The first-order chi connectivity index (χ1) is 15.2. The summed E-state index contributed by atoms with van der Waals surface area (Å²) >= 11 is 5.93. The van der Waals surface area contributed by atoms with Crippen LogP contribution in [0.15, 0.2) is 36.5 Å². The molecule has 3 aromatic heterocycles. The molecular weight excluding hydrogens is 445 g/mol. The van der Waals surface area contributed by atoms with Gasteiger partial charge in [-0.05, 0) is 44.0 Å². The van der Waals surface area contributed by atoms with Crippen LogP contribution in [0.5, 0.6) is 0 Å². The third-order valence-electron chi connectivity index (χ3n) is 4.89. The van der Waals surface area contributed by atoms with Gasteiger partial charge in [-0.3, -0.25) is 4.98 Å². The van der Waals surface area contributed by atoms with Gasteiger partial charge in [-0.1, -0.05) is 17.7 Å². The van der Waals surface area contributed by atoms with Gasteiger partial charge in [0.05, 0.1) is 17.2 Å². The number of rotatable bonds is 6. The fourth-order valence-electron chi connectivity index (χ4n) is 2.87. The van der Waals surface area contributed by atoms with E-state index in [4.69, 9.17) is 11.6 Å². The molecular formula is C20H16ClF3N8. The lowest BCUT2D eigenvalue weighted by Gasteiger charge is -2.18. The minimum Gasteiger partial charge on any atom is -0.343 e. The van der Waals surface area contributed by atoms with Crippen LogP contribution in [0.2, 0.25) is 5.15 Å². The molecule has 164 valence electrons. The number of nitriles is 1. The standard InChI is InChI=1S/C20H16ClF3N8/c1-11(20(22,23)24)27-17-30-16(13-3-2-4-15(21)29-13)31-18(32-17)28-12-5-8-26-14(9-12)19(10-25)6-7-19/h2-5,8-9,11H,6-7H2,1H3,(H2,26,27,28,30,31,32). The average molecular weight is 461 g/mol. The molecule has 3 heterocycles. The Hall–Kier alpha value is -3.52. The summed E-state index contributed by atoms with van der Waals surface area (Å²) in [5, 5.41) is 14.8. The maximum atomic E-state index is 13.0. The Morgan fingerprint density at radius 1 is 1.12 bits per heavy atom. The normalized spacial score (nSPS) is 15.5. The molecule has 3 aromatic rings. The molecule has 1 aliphatic rings. The van der Waals surface area contributed by atoms with Gasteiger partial charge in [0, 0.05) is 11.9 Å². The number of alkyl halides is 3. The lowest BCUT2D eigenvalue weighted by Crippen LogP contribution is -2.34. The number of aromatic nitrogens is 5. The Balaban J connectivity index is 1.69. The minimum atomic E-state index is -4.50. The van der Waals surface area contributed by atoms with Crippen LogP contribution in [0.1, 0.15) is 25.5 Å². The van der Waals surface area contributed by atoms with Crippen molar-refractivity contribution in [1.29, 1.82) is 5.26 Å². The minimum absolute atomic E-state index is 0.00685. The van der Waals surface area contributed by atoms with Crippen LogP contribution in [0, 0.1) is 11.3 Å². The first kappa shape index (κ1) is 21.7. The van der Waals surface area contributed by atoms with E-state index in [1.54, 1.807) is 36.5 Å². The molecule has 8 nitrogen and oxygen atoms in total. The zero-order valence-electron chi connectivity index (χ0n) is 16.7. The van der Waals surface area contributed by atoms with Crippen molar-refractivity contribution in [2.24, 2.45) is 0 Å². The van der Waals surface area contributed by atoms with E-state index in [9.17, 15) is 18.4 Å². The highest BCUT2D eigenvalue weighted by atomic mass is 35.5. The van der Waals surface area contributed by atoms with Crippen molar-refractivity contribution in [1.82, 2.24) is 24.9 Å². The van der Waals surface area contributed by atoms with E-state index in [2.05, 4.69) is 41.6 Å². The second-order valence-corrected chi connectivity index (χ2v) is 7.70. The molecule has 4 rings (SSSR count). The molecule has 1 unspecified atom stereocenters. The van der Waals surface area contributed by atoms with Gasteiger partial charge in [0.2, 0.25) is 11.9 Å². The van der Waals surface area contributed by atoms with E-state index in [1.807, 2.05) is 0 Å². The molecule has 1 aliphatic carbocycles. The van der Waals surface area contributed by atoms with Crippen molar-refractivity contribution < 1.29 is 13.2 Å². The average Bonchev–Trinajstić information content (AvgIpc) is 3.54. The smallest absolute Gasteiger partial charge is 0.343 e. The quantitative estimate of drug-likeness (QED) is 0.511. The van der Waals surface area contributed by atoms with Crippen molar-refractivity contribution in [2.45, 2.75) is 37.4 Å². The van der Waals surface area contributed by atoms with Gasteiger partial charge in [-0.15, -0.1) is 0 Å². The number of nitrogens with one attached hydrogen (secondary N) is 2. The monoisotopic (exact) mass is 460 g/mol. The van der Waals surface area contributed by atoms with Crippen LogP contribution >= 0.6 is 11.6 Å². The van der Waals surface area contributed by atoms with Gasteiger partial charge in [0.1, 0.15) is 16.9 Å². The van der Waals surface area contributed by atoms with Crippen molar-refractivity contribution in [3.05, 3.63) is 47.4 Å². The first-order valence-corrected chi connectivity index (χ1v) is 9.93. The third-order valence-corrected chi connectivity index (χ3v) is 5.10. The molecule has 0 radical (unpaired) electrons. The molecule has 2 N–H and O–H groups in total. The van der Waals surface area contributed by atoms with Crippen LogP contribution in [0.25, 0.3) is 11.5 Å². The van der Waals surface area contributed by atoms with E-state index < -0.39 is 17.6 Å². The second-order valence-electron chi connectivity index (χ2n) is 7.31. The Labute approximate surface area is 185 Å². The first-order valence-electron chi connectivity index (χ1n) is 9.56. The van der Waals surface area contributed by atoms with Gasteiger partial charge >= 0.3 is 6.18 Å². The Morgan fingerprint density at radius 3 is 2.53 bits per heavy atom. The maximum Gasteiger partial charge on any atom is 0.408 e. The zero-order valence-corrected chi connectivity index (χ0v) is 17.4. The number of nitrogens with zero attached hydrogens (tertiary/aromatic N) is 6. The Kier molecular flexibility index (Phi) is 5.56. The van der Waals surface area contributed by atoms with E-state index in [0.29, 0.717) is 11.4 Å². The topological polar surface area (TPSA) is 112 Å². The van der Waals surface area contributed by atoms with Crippen molar-refractivity contribution >= 4 is 29.2 Å². The number of pyridine rings is 2. The fraction of sp³-hybridized carbons (Fsp3) is 0.300. The summed E-state index contributed by atoms with van der Waals surface area (Å²) in [6.07, 6.45) is -1.51. The largest absolute Gasteiger partial charge is 0.408 e. The Morgan fingerprint density at radius 2 is 1.88 bits per heavy atom. The fourth-order valence-corrected chi connectivity index (χ4v) is 3.03. The summed E-state index contributed by atoms with van der Waals surface area (Å²) in [5.74, 6) is -0.256. The maximum absolute atomic E-state index is 13.0. The number of halogens is 4. The molecule has 0 spiro atoms. The summed E-state index contributed by atoms with van der Waals surface area (Å²) in [5.41, 5.74) is 0.812.